The van der Waals surface area contributed by atoms with E-state index < -0.39 is 0 Å². The molecule has 0 aliphatic heterocycles. The van der Waals surface area contributed by atoms with Gasteiger partial charge in [-0.15, -0.1) is 0 Å². The number of unbranched alkanes of at least 4 members (excludes halogenated alkanes) is 7. The van der Waals surface area contributed by atoms with Gasteiger partial charge in [-0.3, -0.25) is 0 Å². The van der Waals surface area contributed by atoms with Crippen molar-refractivity contribution in [3.8, 4) is 0 Å². The standard InChI is InChI=1S/C42H56N2/c1-3-5-7-9-15-37-29-33(17-23-39(37)31-35-19-25-41(43)26-20-35)13-11-12-14-34-18-24-40(32-36-21-27-42(44)28-22-36)38(30-34)16-10-8-6-4-2/h17-30H,3-16,31-32,43-44H2,1-2H3. The van der Waals surface area contributed by atoms with Crippen LogP contribution in [-0.4, -0.2) is 0 Å². The van der Waals surface area contributed by atoms with E-state index in [0.29, 0.717) is 0 Å². The molecule has 0 aliphatic rings. The monoisotopic (exact) mass is 588 g/mol. The molecule has 0 spiro atoms. The maximum absolute atomic E-state index is 5.93. The van der Waals surface area contributed by atoms with Gasteiger partial charge in [0.2, 0.25) is 0 Å². The first-order valence-corrected chi connectivity index (χ1v) is 17.4. The van der Waals surface area contributed by atoms with Gasteiger partial charge in [0.25, 0.3) is 0 Å². The molecule has 0 saturated heterocycles. The van der Waals surface area contributed by atoms with Gasteiger partial charge in [-0.2, -0.15) is 0 Å². The summed E-state index contributed by atoms with van der Waals surface area (Å²) in [6.07, 6.45) is 19.5. The van der Waals surface area contributed by atoms with E-state index in [9.17, 15) is 0 Å². The minimum absolute atomic E-state index is 0.834. The van der Waals surface area contributed by atoms with E-state index in [2.05, 4.69) is 74.5 Å². The van der Waals surface area contributed by atoms with Crippen molar-refractivity contribution in [1.29, 1.82) is 0 Å². The van der Waals surface area contributed by atoms with Crippen LogP contribution in [0.3, 0.4) is 0 Å². The van der Waals surface area contributed by atoms with Crippen LogP contribution in [0.2, 0.25) is 0 Å². The third kappa shape index (κ3) is 11.2. The second-order valence-electron chi connectivity index (χ2n) is 12.9. The van der Waals surface area contributed by atoms with Crippen molar-refractivity contribution in [3.63, 3.8) is 0 Å². The molecule has 44 heavy (non-hydrogen) atoms. The van der Waals surface area contributed by atoms with E-state index >= 15 is 0 Å². The van der Waals surface area contributed by atoms with Gasteiger partial charge in [-0.1, -0.05) is 113 Å². The van der Waals surface area contributed by atoms with Gasteiger partial charge in [0.05, 0.1) is 0 Å². The van der Waals surface area contributed by atoms with Crippen LogP contribution in [0.4, 0.5) is 11.4 Å². The molecule has 4 rings (SSSR count). The zero-order valence-corrected chi connectivity index (χ0v) is 27.6. The highest BCUT2D eigenvalue weighted by Crippen LogP contribution is 2.23. The smallest absolute Gasteiger partial charge is 0.0314 e. The zero-order chi connectivity index (χ0) is 31.0. The Morgan fingerprint density at radius 1 is 0.364 bits per heavy atom. The predicted molar refractivity (Wildman–Crippen MR) is 193 cm³/mol. The summed E-state index contributed by atoms with van der Waals surface area (Å²) in [5, 5.41) is 0. The predicted octanol–water partition coefficient (Wildman–Crippen LogP) is 10.8. The molecule has 0 aliphatic carbocycles. The Bertz CT molecular complexity index is 1280. The summed E-state index contributed by atoms with van der Waals surface area (Å²) < 4.78 is 0. The van der Waals surface area contributed by atoms with E-state index in [1.807, 2.05) is 24.3 Å². The topological polar surface area (TPSA) is 52.0 Å². The molecule has 2 nitrogen and oxygen atoms in total. The zero-order valence-electron chi connectivity index (χ0n) is 27.6. The molecule has 0 fully saturated rings. The van der Waals surface area contributed by atoms with Crippen LogP contribution in [0.1, 0.15) is 123 Å². The average Bonchev–Trinajstić information content (AvgIpc) is 3.03. The van der Waals surface area contributed by atoms with Crippen LogP contribution in [0.15, 0.2) is 84.9 Å². The fourth-order valence-electron chi connectivity index (χ4n) is 6.33. The molecule has 4 aromatic rings. The normalized spacial score (nSPS) is 11.2. The highest BCUT2D eigenvalue weighted by Gasteiger charge is 2.09. The van der Waals surface area contributed by atoms with E-state index in [-0.39, 0.29) is 0 Å². The lowest BCUT2D eigenvalue weighted by Gasteiger charge is -2.14. The van der Waals surface area contributed by atoms with Gasteiger partial charge >= 0.3 is 0 Å². The van der Waals surface area contributed by atoms with Crippen LogP contribution >= 0.6 is 0 Å². The molecule has 0 atom stereocenters. The summed E-state index contributed by atoms with van der Waals surface area (Å²) in [7, 11) is 0. The molecule has 0 heterocycles. The number of aryl methyl sites for hydroxylation is 4. The Morgan fingerprint density at radius 2 is 0.727 bits per heavy atom. The Balaban J connectivity index is 1.36. The maximum Gasteiger partial charge on any atom is 0.0314 e. The number of anilines is 2. The number of hydrogen-bond donors (Lipinski definition) is 2. The van der Waals surface area contributed by atoms with Gasteiger partial charge in [0.1, 0.15) is 0 Å². The summed E-state index contributed by atoms with van der Waals surface area (Å²) in [5.41, 5.74) is 25.2. The molecule has 0 radical (unpaired) electrons. The average molecular weight is 589 g/mol. The summed E-state index contributed by atoms with van der Waals surface area (Å²) >= 11 is 0. The van der Waals surface area contributed by atoms with Crippen molar-refractivity contribution in [2.24, 2.45) is 0 Å². The molecule has 234 valence electrons. The molecule has 4 aromatic carbocycles. The quantitative estimate of drug-likeness (QED) is 0.0845. The largest absolute Gasteiger partial charge is 0.399 e. The lowest BCUT2D eigenvalue weighted by atomic mass is 9.91. The number of benzene rings is 4. The van der Waals surface area contributed by atoms with Crippen molar-refractivity contribution in [2.45, 2.75) is 117 Å². The number of nitrogens with two attached hydrogens (primary N) is 2. The van der Waals surface area contributed by atoms with Gasteiger partial charge in [0, 0.05) is 11.4 Å². The van der Waals surface area contributed by atoms with Crippen LogP contribution in [-0.2, 0) is 38.5 Å². The third-order valence-corrected chi connectivity index (χ3v) is 9.07. The van der Waals surface area contributed by atoms with Crippen LogP contribution in [0.5, 0.6) is 0 Å². The maximum atomic E-state index is 5.93. The van der Waals surface area contributed by atoms with Crippen molar-refractivity contribution < 1.29 is 0 Å². The second kappa shape index (κ2) is 18.3. The molecule has 0 bridgehead atoms. The van der Waals surface area contributed by atoms with Crippen molar-refractivity contribution in [2.75, 3.05) is 11.5 Å². The van der Waals surface area contributed by atoms with E-state index in [0.717, 1.165) is 37.1 Å². The van der Waals surface area contributed by atoms with Crippen LogP contribution in [0, 0.1) is 0 Å². The van der Waals surface area contributed by atoms with Gasteiger partial charge in [0.15, 0.2) is 0 Å². The first-order valence-electron chi connectivity index (χ1n) is 17.4. The number of rotatable bonds is 19. The third-order valence-electron chi connectivity index (χ3n) is 9.07. The molecule has 4 N–H and O–H groups in total. The molecular weight excluding hydrogens is 532 g/mol. The lowest BCUT2D eigenvalue weighted by molar-refractivity contribution is 0.663. The summed E-state index contributed by atoms with van der Waals surface area (Å²) in [4.78, 5) is 0. The summed E-state index contributed by atoms with van der Waals surface area (Å²) in [6.45, 7) is 4.58. The van der Waals surface area contributed by atoms with Crippen molar-refractivity contribution in [3.05, 3.63) is 129 Å². The fraction of sp³-hybridized carbons (Fsp3) is 0.429. The Hall–Kier alpha value is -3.52. The van der Waals surface area contributed by atoms with Gasteiger partial charge in [-0.05, 0) is 133 Å². The van der Waals surface area contributed by atoms with Crippen LogP contribution in [0.25, 0.3) is 0 Å². The Kier molecular flexibility index (Phi) is 13.9. The Morgan fingerprint density at radius 3 is 1.11 bits per heavy atom. The van der Waals surface area contributed by atoms with Gasteiger partial charge in [-0.25, -0.2) is 0 Å². The molecule has 2 heteroatoms. The molecule has 0 saturated carbocycles. The SMILES string of the molecule is CCCCCCc1cc(CCCCc2ccc(Cc3ccc(N)cc3)c(CCCCCC)c2)ccc1Cc1ccc(N)cc1. The lowest BCUT2D eigenvalue weighted by Crippen LogP contribution is -2.00. The van der Waals surface area contributed by atoms with Gasteiger partial charge < -0.3 is 11.5 Å². The number of nitrogen functional groups attached to an aromatic ring is 2. The molecule has 0 unspecified atom stereocenters. The van der Waals surface area contributed by atoms with Crippen molar-refractivity contribution >= 4 is 11.4 Å². The highest BCUT2D eigenvalue weighted by molar-refractivity contribution is 5.43. The van der Waals surface area contributed by atoms with Crippen LogP contribution < -0.4 is 11.5 Å². The first-order chi connectivity index (χ1) is 21.5. The minimum atomic E-state index is 0.834. The first kappa shape index (κ1) is 33.4. The molecular formula is C42H56N2. The summed E-state index contributed by atoms with van der Waals surface area (Å²) in [5.74, 6) is 0. The highest BCUT2D eigenvalue weighted by atomic mass is 14.5. The summed E-state index contributed by atoms with van der Waals surface area (Å²) in [6, 6.07) is 31.3. The molecule has 0 aromatic heterocycles. The number of hydrogen-bond acceptors (Lipinski definition) is 2. The Labute approximate surface area is 268 Å². The fourth-order valence-corrected chi connectivity index (χ4v) is 6.33. The van der Waals surface area contributed by atoms with E-state index in [1.54, 1.807) is 11.1 Å². The van der Waals surface area contributed by atoms with E-state index in [1.165, 1.54) is 110 Å². The molecule has 0 amide bonds. The second-order valence-corrected chi connectivity index (χ2v) is 12.9. The van der Waals surface area contributed by atoms with E-state index in [4.69, 9.17) is 11.5 Å². The van der Waals surface area contributed by atoms with Crippen molar-refractivity contribution in [1.82, 2.24) is 0 Å². The minimum Gasteiger partial charge on any atom is -0.399 e.